The van der Waals surface area contributed by atoms with Crippen molar-refractivity contribution < 1.29 is 26.7 Å². The number of halogens is 2. The van der Waals surface area contributed by atoms with Gasteiger partial charge < -0.3 is 15.4 Å². The summed E-state index contributed by atoms with van der Waals surface area (Å²) in [5.41, 5.74) is 7.01. The van der Waals surface area contributed by atoms with Crippen molar-refractivity contribution in [1.82, 2.24) is 9.62 Å². The van der Waals surface area contributed by atoms with E-state index in [-0.39, 0.29) is 23.0 Å². The van der Waals surface area contributed by atoms with Gasteiger partial charge in [-0.3, -0.25) is 4.79 Å². The highest BCUT2D eigenvalue weighted by atomic mass is 32.2. The number of carbonyl (C=O) groups is 1. The number of hydrogen-bond donors (Lipinski definition) is 2. The Balaban J connectivity index is 1.28. The second kappa shape index (κ2) is 13.2. The molecule has 1 saturated carbocycles. The first-order chi connectivity index (χ1) is 21.6. The van der Waals surface area contributed by atoms with E-state index in [0.29, 0.717) is 49.5 Å². The number of nitrogens with zero attached hydrogens (tertiary/aromatic N) is 1. The van der Waals surface area contributed by atoms with Crippen molar-refractivity contribution in [2.75, 3.05) is 6.61 Å². The molecule has 3 aromatic carbocycles. The van der Waals surface area contributed by atoms with Crippen LogP contribution in [0.3, 0.4) is 0 Å². The quantitative estimate of drug-likeness (QED) is 0.275. The molecule has 1 aliphatic carbocycles. The number of carbonyl (C=O) groups excluding carboxylic acids is 1. The number of sulfonamides is 1. The number of nitrogens with one attached hydrogen (secondary N) is 1. The summed E-state index contributed by atoms with van der Waals surface area (Å²) in [5.74, 6) is -3.81. The van der Waals surface area contributed by atoms with Gasteiger partial charge in [-0.25, -0.2) is 8.42 Å². The first-order valence-corrected chi connectivity index (χ1v) is 17.5. The summed E-state index contributed by atoms with van der Waals surface area (Å²) in [6, 6.07) is 17.5. The number of nitrogens with two attached hydrogens (primary N) is 1. The number of hydrogen-bond acceptors (Lipinski definition) is 5. The lowest BCUT2D eigenvalue weighted by atomic mass is 9.90. The van der Waals surface area contributed by atoms with E-state index in [1.54, 1.807) is 18.2 Å². The summed E-state index contributed by atoms with van der Waals surface area (Å²) in [4.78, 5) is 15.3. The minimum Gasteiger partial charge on any atom is -0.493 e. The molecule has 2 saturated heterocycles. The smallest absolute Gasteiger partial charge is 0.298 e. The summed E-state index contributed by atoms with van der Waals surface area (Å²) in [5, 5.41) is 0. The molecule has 45 heavy (non-hydrogen) atoms. The van der Waals surface area contributed by atoms with Crippen LogP contribution in [0.5, 0.6) is 5.75 Å². The van der Waals surface area contributed by atoms with Crippen molar-refractivity contribution in [3.05, 3.63) is 84.4 Å². The average molecular weight is 638 g/mol. The van der Waals surface area contributed by atoms with Crippen LogP contribution in [0.1, 0.15) is 63.4 Å². The molecular formula is C35H41F2N3O4S. The molecule has 1 amide bonds. The summed E-state index contributed by atoms with van der Waals surface area (Å²) >= 11 is 0. The van der Waals surface area contributed by atoms with E-state index < -0.39 is 33.5 Å². The van der Waals surface area contributed by atoms with Gasteiger partial charge in [-0.15, -0.1) is 0 Å². The lowest BCUT2D eigenvalue weighted by Crippen LogP contribution is -2.60. The van der Waals surface area contributed by atoms with Gasteiger partial charge >= 0.3 is 0 Å². The molecule has 6 rings (SSSR count). The Kier molecular flexibility index (Phi) is 9.27. The van der Waals surface area contributed by atoms with Gasteiger partial charge in [0, 0.05) is 23.7 Å². The number of piperidine rings is 1. The molecule has 2 bridgehead atoms. The number of benzene rings is 3. The first kappa shape index (κ1) is 31.6. The van der Waals surface area contributed by atoms with E-state index in [9.17, 15) is 13.2 Å². The molecule has 0 aromatic heterocycles. The molecule has 7 nitrogen and oxygen atoms in total. The molecular weight excluding hydrogens is 596 g/mol. The Bertz CT molecular complexity index is 1570. The number of amides is 1. The van der Waals surface area contributed by atoms with Crippen LogP contribution in [0.25, 0.3) is 11.1 Å². The van der Waals surface area contributed by atoms with Gasteiger partial charge in [0.05, 0.1) is 11.5 Å². The van der Waals surface area contributed by atoms with Crippen LogP contribution in [0.4, 0.5) is 8.78 Å². The molecule has 10 heteroatoms. The number of rotatable bonds is 10. The molecule has 0 radical (unpaired) electrons. The molecule has 3 fully saturated rings. The maximum absolute atomic E-state index is 16.6. The highest BCUT2D eigenvalue weighted by Crippen LogP contribution is 2.40. The predicted molar refractivity (Wildman–Crippen MR) is 169 cm³/mol. The Labute approximate surface area is 264 Å². The zero-order valence-corrected chi connectivity index (χ0v) is 26.1. The van der Waals surface area contributed by atoms with E-state index in [1.165, 1.54) is 66.6 Å². The Morgan fingerprint density at radius 1 is 0.889 bits per heavy atom. The predicted octanol–water partition coefficient (Wildman–Crippen LogP) is 6.23. The fourth-order valence-corrected chi connectivity index (χ4v) is 8.41. The van der Waals surface area contributed by atoms with Gasteiger partial charge in [0.1, 0.15) is 5.75 Å². The Morgan fingerprint density at radius 3 is 2.20 bits per heavy atom. The molecule has 2 heterocycles. The Hall–Kier alpha value is -3.34. The minimum absolute atomic E-state index is 0.122. The third-order valence-corrected chi connectivity index (χ3v) is 11.0. The molecule has 240 valence electrons. The van der Waals surface area contributed by atoms with Gasteiger partial charge in [-0.2, -0.15) is 13.5 Å². The second-order valence-corrected chi connectivity index (χ2v) is 14.5. The first-order valence-electron chi connectivity index (χ1n) is 16.0. The Morgan fingerprint density at radius 2 is 1.53 bits per heavy atom. The third kappa shape index (κ3) is 6.93. The monoisotopic (exact) mass is 637 g/mol. The lowest BCUT2D eigenvalue weighted by molar-refractivity contribution is -0.149. The third-order valence-electron chi connectivity index (χ3n) is 9.61. The van der Waals surface area contributed by atoms with Crippen molar-refractivity contribution in [3.63, 3.8) is 0 Å². The average Bonchev–Trinajstić information content (AvgIpc) is 3.33. The maximum atomic E-state index is 16.6. The van der Waals surface area contributed by atoms with Gasteiger partial charge in [0.25, 0.3) is 5.92 Å². The fourth-order valence-electron chi connectivity index (χ4n) is 7.22. The maximum Gasteiger partial charge on any atom is 0.298 e. The summed E-state index contributed by atoms with van der Waals surface area (Å²) in [6.45, 7) is 0.553. The summed E-state index contributed by atoms with van der Waals surface area (Å²) in [6.07, 6.45) is 8.13. The number of ether oxygens (including phenoxy) is 1. The van der Waals surface area contributed by atoms with E-state index in [4.69, 9.17) is 10.5 Å². The second-order valence-electron chi connectivity index (χ2n) is 12.8. The van der Waals surface area contributed by atoms with E-state index in [0.717, 1.165) is 18.4 Å². The van der Waals surface area contributed by atoms with Crippen molar-refractivity contribution in [2.45, 2.75) is 92.8 Å². The zero-order valence-electron chi connectivity index (χ0n) is 25.3. The molecule has 3 atom stereocenters. The SMILES string of the molecule is NC1CC2CCC(C1)N2C(=O)C(NS(=O)(=O)c1ccc(OCC2CCCCC2)cc1)C(F)(F)c1cccc(-c2ccccc2)c1. The van der Waals surface area contributed by atoms with E-state index in [1.807, 2.05) is 18.2 Å². The van der Waals surface area contributed by atoms with Crippen molar-refractivity contribution in [3.8, 4) is 16.9 Å². The van der Waals surface area contributed by atoms with Crippen LogP contribution < -0.4 is 15.2 Å². The standard InChI is InChI=1S/C35H41F2N3O4S/c36-35(37,27-13-7-12-26(20-27)25-10-5-2-6-11-25)33(34(41)40-29-14-15-30(40)22-28(38)21-29)39-45(42,43)32-18-16-31(17-19-32)44-23-24-8-3-1-4-9-24/h2,5-7,10-13,16-20,24,28-30,33,39H,1,3-4,8-9,14-15,21-23,38H2. The lowest BCUT2D eigenvalue weighted by Gasteiger charge is -2.41. The van der Waals surface area contributed by atoms with E-state index in [2.05, 4.69) is 4.72 Å². The normalized spacial score (nSPS) is 23.1. The van der Waals surface area contributed by atoms with E-state index >= 15 is 8.78 Å². The van der Waals surface area contributed by atoms with Crippen LogP contribution in [0, 0.1) is 5.92 Å². The van der Waals surface area contributed by atoms with Crippen molar-refractivity contribution >= 4 is 15.9 Å². The highest BCUT2D eigenvalue weighted by molar-refractivity contribution is 7.89. The molecule has 2 aliphatic heterocycles. The summed E-state index contributed by atoms with van der Waals surface area (Å²) in [7, 11) is -4.53. The molecule has 3 unspecified atom stereocenters. The van der Waals surface area contributed by atoms with Gasteiger partial charge in [-0.05, 0) is 85.9 Å². The van der Waals surface area contributed by atoms with Crippen LogP contribution in [-0.2, 0) is 20.7 Å². The van der Waals surface area contributed by atoms with Crippen molar-refractivity contribution in [1.29, 1.82) is 0 Å². The van der Waals surface area contributed by atoms with Gasteiger partial charge in [0.2, 0.25) is 15.9 Å². The van der Waals surface area contributed by atoms with Gasteiger partial charge in [-0.1, -0.05) is 67.8 Å². The van der Waals surface area contributed by atoms with Crippen LogP contribution >= 0.6 is 0 Å². The molecule has 3 aliphatic rings. The molecule has 3 N–H and O–H groups in total. The van der Waals surface area contributed by atoms with Crippen LogP contribution in [0.2, 0.25) is 0 Å². The molecule has 3 aromatic rings. The van der Waals surface area contributed by atoms with Crippen LogP contribution in [-0.4, -0.2) is 50.0 Å². The zero-order chi connectivity index (χ0) is 31.6. The minimum atomic E-state index is -4.53. The number of fused-ring (bicyclic) bond motifs is 2. The summed E-state index contributed by atoms with van der Waals surface area (Å²) < 4.78 is 68.7. The highest BCUT2D eigenvalue weighted by Gasteiger charge is 2.53. The van der Waals surface area contributed by atoms with Gasteiger partial charge in [0.15, 0.2) is 6.04 Å². The van der Waals surface area contributed by atoms with Crippen LogP contribution in [0.15, 0.2) is 83.8 Å². The molecule has 0 spiro atoms. The largest absolute Gasteiger partial charge is 0.493 e. The van der Waals surface area contributed by atoms with Crippen molar-refractivity contribution in [2.24, 2.45) is 11.7 Å². The fraction of sp³-hybridized carbons (Fsp3) is 0.457. The number of alkyl halides is 2. The topological polar surface area (TPSA) is 102 Å².